The first kappa shape index (κ1) is 11.4. The van der Waals surface area contributed by atoms with Gasteiger partial charge in [-0.25, -0.2) is 0 Å². The van der Waals surface area contributed by atoms with Gasteiger partial charge in [-0.2, -0.15) is 0 Å². The van der Waals surface area contributed by atoms with Crippen molar-refractivity contribution < 1.29 is 14.3 Å². The highest BCUT2D eigenvalue weighted by atomic mass is 16.5. The third kappa shape index (κ3) is 3.72. The van der Waals surface area contributed by atoms with E-state index in [4.69, 9.17) is 4.74 Å². The van der Waals surface area contributed by atoms with E-state index in [9.17, 15) is 4.79 Å². The second-order valence-corrected chi connectivity index (χ2v) is 3.74. The fraction of sp³-hybridized carbons (Fsp3) is 0.889. The number of hydrogen-bond acceptors (Lipinski definition) is 3. The number of carbonyl (C=O) groups excluding carboxylic acids is 1. The van der Waals surface area contributed by atoms with Crippen LogP contribution in [-0.2, 0) is 14.3 Å². The van der Waals surface area contributed by atoms with Crippen LogP contribution in [0.1, 0.15) is 27.7 Å². The van der Waals surface area contributed by atoms with Crippen LogP contribution in [0, 0.1) is 5.41 Å². The Morgan fingerprint density at radius 1 is 1.42 bits per heavy atom. The lowest BCUT2D eigenvalue weighted by molar-refractivity contribution is -0.155. The molecule has 0 saturated heterocycles. The minimum atomic E-state index is -0.543. The van der Waals surface area contributed by atoms with Crippen LogP contribution in [-0.4, -0.2) is 25.8 Å². The molecule has 0 heterocycles. The molecule has 0 aromatic rings. The first-order valence-electron chi connectivity index (χ1n) is 4.10. The van der Waals surface area contributed by atoms with E-state index in [1.54, 1.807) is 13.8 Å². The third-order valence-electron chi connectivity index (χ3n) is 1.52. The maximum absolute atomic E-state index is 11.1. The standard InChI is InChI=1S/C9H18O3/c1-7(2)12-6-9(3,4)8(10)11-5/h7H,6H2,1-5H3. The van der Waals surface area contributed by atoms with Gasteiger partial charge in [0.05, 0.1) is 25.2 Å². The Morgan fingerprint density at radius 2 is 1.92 bits per heavy atom. The first-order chi connectivity index (χ1) is 5.40. The van der Waals surface area contributed by atoms with Gasteiger partial charge in [0.2, 0.25) is 0 Å². The van der Waals surface area contributed by atoms with E-state index in [1.165, 1.54) is 7.11 Å². The molecule has 0 aliphatic heterocycles. The summed E-state index contributed by atoms with van der Waals surface area (Å²) in [6, 6.07) is 0. The van der Waals surface area contributed by atoms with Gasteiger partial charge in [-0.1, -0.05) is 0 Å². The minimum absolute atomic E-state index is 0.147. The Balaban J connectivity index is 3.95. The molecule has 72 valence electrons. The van der Waals surface area contributed by atoms with Gasteiger partial charge in [0.1, 0.15) is 0 Å². The zero-order valence-corrected chi connectivity index (χ0v) is 8.51. The van der Waals surface area contributed by atoms with Crippen molar-refractivity contribution in [3.05, 3.63) is 0 Å². The lowest BCUT2D eigenvalue weighted by Crippen LogP contribution is -2.31. The predicted octanol–water partition coefficient (Wildman–Crippen LogP) is 1.61. The van der Waals surface area contributed by atoms with Crippen LogP contribution in [0.15, 0.2) is 0 Å². The Hall–Kier alpha value is -0.570. The number of methoxy groups -OCH3 is 1. The largest absolute Gasteiger partial charge is 0.469 e. The van der Waals surface area contributed by atoms with E-state index >= 15 is 0 Å². The van der Waals surface area contributed by atoms with E-state index in [0.29, 0.717) is 6.61 Å². The van der Waals surface area contributed by atoms with Crippen molar-refractivity contribution in [2.75, 3.05) is 13.7 Å². The molecule has 0 radical (unpaired) electrons. The van der Waals surface area contributed by atoms with Crippen LogP contribution >= 0.6 is 0 Å². The monoisotopic (exact) mass is 174 g/mol. The molecule has 0 atom stereocenters. The fourth-order valence-electron chi connectivity index (χ4n) is 0.710. The molecule has 0 bridgehead atoms. The molecule has 3 heteroatoms. The van der Waals surface area contributed by atoms with E-state index in [0.717, 1.165) is 0 Å². The quantitative estimate of drug-likeness (QED) is 0.607. The number of carbonyl (C=O) groups is 1. The number of rotatable bonds is 4. The third-order valence-corrected chi connectivity index (χ3v) is 1.52. The number of ether oxygens (including phenoxy) is 2. The summed E-state index contributed by atoms with van der Waals surface area (Å²) in [6.45, 7) is 7.89. The van der Waals surface area contributed by atoms with Crippen LogP contribution in [0.25, 0.3) is 0 Å². The van der Waals surface area contributed by atoms with Gasteiger partial charge in [-0.15, -0.1) is 0 Å². The Labute approximate surface area is 74.0 Å². The summed E-state index contributed by atoms with van der Waals surface area (Å²) in [7, 11) is 1.39. The highest BCUT2D eigenvalue weighted by Crippen LogP contribution is 2.17. The Kier molecular flexibility index (Phi) is 4.24. The summed E-state index contributed by atoms with van der Waals surface area (Å²) >= 11 is 0. The normalized spacial score (nSPS) is 11.8. The first-order valence-corrected chi connectivity index (χ1v) is 4.10. The van der Waals surface area contributed by atoms with Crippen molar-refractivity contribution in [2.24, 2.45) is 5.41 Å². The summed E-state index contributed by atoms with van der Waals surface area (Å²) in [4.78, 5) is 11.1. The van der Waals surface area contributed by atoms with Gasteiger partial charge in [-0.3, -0.25) is 4.79 Å². The SMILES string of the molecule is COC(=O)C(C)(C)COC(C)C. The maximum atomic E-state index is 11.1. The van der Waals surface area contributed by atoms with Gasteiger partial charge in [0.25, 0.3) is 0 Å². The molecule has 0 fully saturated rings. The van der Waals surface area contributed by atoms with E-state index in [1.807, 2.05) is 13.8 Å². The van der Waals surface area contributed by atoms with Gasteiger partial charge in [0, 0.05) is 0 Å². The summed E-state index contributed by atoms with van der Waals surface area (Å²) < 4.78 is 9.96. The van der Waals surface area contributed by atoms with Crippen molar-refractivity contribution in [1.29, 1.82) is 0 Å². The lowest BCUT2D eigenvalue weighted by Gasteiger charge is -2.22. The molecule has 0 aliphatic rings. The lowest BCUT2D eigenvalue weighted by atomic mass is 9.95. The van der Waals surface area contributed by atoms with E-state index in [2.05, 4.69) is 4.74 Å². The zero-order valence-electron chi connectivity index (χ0n) is 8.51. The minimum Gasteiger partial charge on any atom is -0.469 e. The molecule has 0 aromatic carbocycles. The van der Waals surface area contributed by atoms with Crippen LogP contribution in [0.4, 0.5) is 0 Å². The molecule has 0 aliphatic carbocycles. The van der Waals surface area contributed by atoms with Crippen LogP contribution in [0.5, 0.6) is 0 Å². The average molecular weight is 174 g/mol. The molecular weight excluding hydrogens is 156 g/mol. The second-order valence-electron chi connectivity index (χ2n) is 3.74. The van der Waals surface area contributed by atoms with Crippen LogP contribution < -0.4 is 0 Å². The molecular formula is C9H18O3. The van der Waals surface area contributed by atoms with E-state index in [-0.39, 0.29) is 12.1 Å². The molecule has 0 aromatic heterocycles. The zero-order chi connectivity index (χ0) is 9.78. The van der Waals surface area contributed by atoms with Gasteiger partial charge in [-0.05, 0) is 27.7 Å². The number of esters is 1. The summed E-state index contributed by atoms with van der Waals surface area (Å²) in [5.74, 6) is -0.233. The molecule has 0 rings (SSSR count). The Bertz CT molecular complexity index is 150. The smallest absolute Gasteiger partial charge is 0.313 e. The molecule has 3 nitrogen and oxygen atoms in total. The number of hydrogen-bond donors (Lipinski definition) is 0. The highest BCUT2D eigenvalue weighted by molar-refractivity contribution is 5.75. The maximum Gasteiger partial charge on any atom is 0.313 e. The van der Waals surface area contributed by atoms with Gasteiger partial charge < -0.3 is 9.47 Å². The molecule has 0 amide bonds. The molecule has 0 N–H and O–H groups in total. The summed E-state index contributed by atoms with van der Waals surface area (Å²) in [5, 5.41) is 0. The second kappa shape index (κ2) is 4.45. The van der Waals surface area contributed by atoms with Crippen molar-refractivity contribution in [1.82, 2.24) is 0 Å². The predicted molar refractivity (Wildman–Crippen MR) is 46.9 cm³/mol. The fourth-order valence-corrected chi connectivity index (χ4v) is 0.710. The molecule has 0 spiro atoms. The molecule has 12 heavy (non-hydrogen) atoms. The van der Waals surface area contributed by atoms with Gasteiger partial charge >= 0.3 is 5.97 Å². The Morgan fingerprint density at radius 3 is 2.25 bits per heavy atom. The molecule has 0 saturated carbocycles. The van der Waals surface area contributed by atoms with Crippen molar-refractivity contribution in [2.45, 2.75) is 33.8 Å². The van der Waals surface area contributed by atoms with E-state index < -0.39 is 5.41 Å². The highest BCUT2D eigenvalue weighted by Gasteiger charge is 2.29. The molecule has 0 unspecified atom stereocenters. The van der Waals surface area contributed by atoms with Gasteiger partial charge in [0.15, 0.2) is 0 Å². The average Bonchev–Trinajstić information content (AvgIpc) is 1.99. The topological polar surface area (TPSA) is 35.5 Å². The van der Waals surface area contributed by atoms with Crippen molar-refractivity contribution in [3.63, 3.8) is 0 Å². The van der Waals surface area contributed by atoms with Crippen LogP contribution in [0.3, 0.4) is 0 Å². The van der Waals surface area contributed by atoms with Crippen LogP contribution in [0.2, 0.25) is 0 Å². The summed E-state index contributed by atoms with van der Waals surface area (Å²) in [5.41, 5.74) is -0.543. The van der Waals surface area contributed by atoms with Crippen molar-refractivity contribution in [3.8, 4) is 0 Å². The summed E-state index contributed by atoms with van der Waals surface area (Å²) in [6.07, 6.45) is 0.147. The van der Waals surface area contributed by atoms with Crippen molar-refractivity contribution >= 4 is 5.97 Å².